The molecular formula is C5H26I2P2S2. The molecule has 0 amide bonds. The van der Waals surface area contributed by atoms with Crippen molar-refractivity contribution in [2.45, 2.75) is 14.9 Å². The van der Waals surface area contributed by atoms with Crippen LogP contribution in [0.1, 0.15) is 14.9 Å². The largest absolute Gasteiger partial charge is 0.197 e. The van der Waals surface area contributed by atoms with E-state index in [1.54, 1.807) is 6.26 Å². The highest BCUT2D eigenvalue weighted by molar-refractivity contribution is 14.1. The van der Waals surface area contributed by atoms with Crippen LogP contribution in [-0.2, 0) is 0 Å². The molecule has 11 heavy (non-hydrogen) atoms. The van der Waals surface area contributed by atoms with Gasteiger partial charge in [-0.25, -0.2) is 0 Å². The van der Waals surface area contributed by atoms with Crippen LogP contribution in [0, 0.1) is 0 Å². The zero-order chi connectivity index (χ0) is 6.00. The normalized spacial score (nSPS) is 1.64. The van der Waals surface area contributed by atoms with Crippen LogP contribution >= 0.6 is 91.8 Å². The van der Waals surface area contributed by atoms with Gasteiger partial charge in [-0.3, -0.25) is 0 Å². The third-order valence-electron chi connectivity index (χ3n) is 0. The van der Waals surface area contributed by atoms with Crippen molar-refractivity contribution in [2.75, 3.05) is 17.9 Å². The Morgan fingerprint density at radius 3 is 1.00 bits per heavy atom. The molecule has 0 aliphatic carbocycles. The number of hydrogen-bond donors (Lipinski definition) is 1. The van der Waals surface area contributed by atoms with Gasteiger partial charge in [-0.1, -0.05) is 44.1 Å². The summed E-state index contributed by atoms with van der Waals surface area (Å²) in [7, 11) is 2.42. The minimum atomic E-state index is 0. The molecule has 0 nitrogen and oxygen atoms in total. The van der Waals surface area contributed by atoms with Crippen LogP contribution in [-0.4, -0.2) is 17.9 Å². The van der Waals surface area contributed by atoms with Crippen LogP contribution in [0.25, 0.3) is 0 Å². The fourth-order valence-corrected chi connectivity index (χ4v) is 0. The van der Waals surface area contributed by atoms with Gasteiger partial charge in [-0.2, -0.15) is 36.0 Å². The molecule has 0 saturated heterocycles. The molecule has 0 fully saturated rings. The van der Waals surface area contributed by atoms with Gasteiger partial charge < -0.3 is 0 Å². The molecule has 0 saturated carbocycles. The molecule has 0 aromatic rings. The monoisotopic (exact) mass is 466 g/mol. The molecule has 0 aromatic carbocycles. The van der Waals surface area contributed by atoms with Crippen molar-refractivity contribution in [2.24, 2.45) is 0 Å². The van der Waals surface area contributed by atoms with E-state index in [-0.39, 0.29) is 62.2 Å². The molecule has 0 spiro atoms. The second-order valence-electron chi connectivity index (χ2n) is 0. The Hall–Kier alpha value is 3.02. The molecule has 0 rings (SSSR count). The molecule has 0 aliphatic heterocycles. The Balaban J connectivity index is -0.00000000167. The molecule has 2 unspecified atom stereocenters. The Bertz CT molecular complexity index is 20.4. The van der Waals surface area contributed by atoms with Crippen LogP contribution in [0.3, 0.4) is 0 Å². The van der Waals surface area contributed by atoms with Crippen molar-refractivity contribution in [3.63, 3.8) is 0 Å². The van der Waals surface area contributed by atoms with Crippen LogP contribution in [0.15, 0.2) is 0 Å². The van der Waals surface area contributed by atoms with Crippen molar-refractivity contribution < 1.29 is 0 Å². The number of thiol groups is 1. The first kappa shape index (κ1) is 65.6. The summed E-state index contributed by atoms with van der Waals surface area (Å²) in [5.41, 5.74) is 0. The van der Waals surface area contributed by atoms with E-state index >= 15 is 0 Å². The van der Waals surface area contributed by atoms with E-state index in [2.05, 4.69) is 44.5 Å². The molecule has 0 bridgehead atoms. The quantitative estimate of drug-likeness (QED) is 0.236. The van der Waals surface area contributed by atoms with Gasteiger partial charge in [0.2, 0.25) is 0 Å². The van der Waals surface area contributed by atoms with Gasteiger partial charge in [-0.15, -0.1) is 33.2 Å². The fraction of sp³-hybridized carbons (Fsp3) is 1.00. The Morgan fingerprint density at radius 2 is 1.00 bits per heavy atom. The van der Waals surface area contributed by atoms with Crippen LogP contribution in [0.4, 0.5) is 0 Å². The van der Waals surface area contributed by atoms with E-state index in [0.717, 1.165) is 0 Å². The predicted octanol–water partition coefficient (Wildman–Crippen LogP) is 4.15. The second kappa shape index (κ2) is 206. The summed E-state index contributed by atoms with van der Waals surface area (Å²) >= 11 is 5.68. The summed E-state index contributed by atoms with van der Waals surface area (Å²) < 4.78 is 0. The van der Waals surface area contributed by atoms with Crippen molar-refractivity contribution >= 4 is 91.8 Å². The Kier molecular flexibility index (Phi) is 1230. The Morgan fingerprint density at radius 1 is 1.00 bits per heavy atom. The highest BCUT2D eigenvalue weighted by Crippen LogP contribution is 1.48. The summed E-state index contributed by atoms with van der Waals surface area (Å²) in [6.45, 7) is 1.92. The Labute approximate surface area is 123 Å². The lowest BCUT2D eigenvalue weighted by atomic mass is 12.0. The van der Waals surface area contributed by atoms with Crippen LogP contribution in [0.5, 0.6) is 0 Å². The van der Waals surface area contributed by atoms with E-state index < -0.39 is 0 Å². The van der Waals surface area contributed by atoms with Gasteiger partial charge in [0.1, 0.15) is 0 Å². The van der Waals surface area contributed by atoms with Crippen molar-refractivity contribution in [1.29, 1.82) is 0 Å². The summed E-state index contributed by atoms with van der Waals surface area (Å²) in [4.78, 5) is 1.97. The third-order valence-corrected chi connectivity index (χ3v) is 0. The lowest BCUT2D eigenvalue weighted by molar-refractivity contribution is 2.50. The summed E-state index contributed by atoms with van der Waals surface area (Å²) in [6, 6.07) is 0. The lowest BCUT2D eigenvalue weighted by Crippen LogP contribution is -0.865. The first-order valence-electron chi connectivity index (χ1n) is 1.40. The van der Waals surface area contributed by atoms with E-state index in [1.807, 2.05) is 11.6 Å². The molecule has 6 heteroatoms. The van der Waals surface area contributed by atoms with Crippen molar-refractivity contribution in [3.8, 4) is 0 Å². The van der Waals surface area contributed by atoms with Crippen molar-refractivity contribution in [1.82, 2.24) is 0 Å². The van der Waals surface area contributed by atoms with E-state index in [0.29, 0.717) is 0 Å². The molecule has 2 atom stereocenters. The van der Waals surface area contributed by atoms with Crippen LogP contribution in [0.2, 0.25) is 0 Å². The zero-order valence-electron chi connectivity index (χ0n) is 6.02. The van der Waals surface area contributed by atoms with E-state index in [9.17, 15) is 0 Å². The maximum absolute atomic E-state index is 3.53. The molecule has 82 valence electrons. The fourth-order valence-electron chi connectivity index (χ4n) is 0. The second-order valence-corrected chi connectivity index (χ2v) is 0. The zero-order valence-corrected chi connectivity index (χ0v) is 15.0. The molecule has 0 aromatic heterocycles. The van der Waals surface area contributed by atoms with Crippen LogP contribution < -0.4 is 0 Å². The average molecular weight is 466 g/mol. The maximum atomic E-state index is 3.53. The summed E-state index contributed by atoms with van der Waals surface area (Å²) in [6.07, 6.45) is 1.69. The van der Waals surface area contributed by atoms with Gasteiger partial charge in [0.25, 0.3) is 0 Å². The smallest absolute Gasteiger partial charge is 0.0121 e. The van der Waals surface area contributed by atoms with E-state index in [1.165, 1.54) is 0 Å². The highest BCUT2D eigenvalue weighted by Gasteiger charge is 0.950. The molecule has 0 heterocycles. The number of alkyl halides is 1. The first-order valence-corrected chi connectivity index (χ1v) is 5.61. The number of hydrogen-bond acceptors (Lipinski definition) is 1. The highest BCUT2D eigenvalue weighted by atomic mass is 127. The number of rotatable bonds is 0. The molecule has 0 N–H and O–H groups in total. The standard InChI is InChI=1S/CH3I.CH5P.CH4S.2CH4.HI.H3P.H2S/c3*1-2;;;;;/h1H3;2H2,1H3;2H,1H3;2*1H4;1H;1H3;1H2. The van der Waals surface area contributed by atoms with Gasteiger partial charge in [-0.05, 0) is 11.2 Å². The molecule has 0 aliphatic rings. The number of halogens is 2. The van der Waals surface area contributed by atoms with Gasteiger partial charge in [0.15, 0.2) is 0 Å². The summed E-state index contributed by atoms with van der Waals surface area (Å²) in [5.74, 6) is 0. The maximum Gasteiger partial charge on any atom is -0.0121 e. The molecule has 0 radical (unpaired) electrons. The topological polar surface area (TPSA) is 0 Å². The van der Waals surface area contributed by atoms with Crippen molar-refractivity contribution in [3.05, 3.63) is 0 Å². The summed E-state index contributed by atoms with van der Waals surface area (Å²) in [5, 5.41) is 0. The van der Waals surface area contributed by atoms with Gasteiger partial charge in [0.05, 0.1) is 0 Å². The first-order chi connectivity index (χ1) is 3.00. The lowest BCUT2D eigenvalue weighted by Gasteiger charge is -1.11. The SMILES string of the molecule is C.C.CI.CP.CS.I.P.S. The minimum Gasteiger partial charge on any atom is -0.197 e. The van der Waals surface area contributed by atoms with Gasteiger partial charge >= 0.3 is 0 Å². The predicted molar refractivity (Wildman–Crippen MR) is 101 cm³/mol. The minimum absolute atomic E-state index is 0. The van der Waals surface area contributed by atoms with Gasteiger partial charge in [0, 0.05) is 0 Å². The van der Waals surface area contributed by atoms with E-state index in [4.69, 9.17) is 0 Å². The average Bonchev–Trinajstić information content (AvgIpc) is 1.81. The molecular weight excluding hydrogens is 440 g/mol. The third kappa shape index (κ3) is 173.